The van der Waals surface area contributed by atoms with Gasteiger partial charge in [-0.05, 0) is 154 Å². The van der Waals surface area contributed by atoms with Crippen molar-refractivity contribution in [3.63, 3.8) is 0 Å². The molecule has 4 saturated heterocycles. The molecule has 0 aliphatic carbocycles. The molecular weight excluding hydrogens is 601 g/mol. The summed E-state index contributed by atoms with van der Waals surface area (Å²) in [5.41, 5.74) is 2.73. The predicted octanol–water partition coefficient (Wildman–Crippen LogP) is 9.75. The van der Waals surface area contributed by atoms with Crippen molar-refractivity contribution >= 4 is 25.3 Å². The standard InChI is InChI=1S/C20H38N2S.C18H34N2S.C2H6/c1-16(2)17(3)7-11-21-12-8-19(9-13-21)5-6-20-10-14-22(15-20)18(4)23;1-15(2)6-10-19-11-7-17(8-12-19)4-5-18-9-13-20(14-18)16(3)21;1-2/h16,18-20,23H,3,5-15H2,1-2,4H3;16-18,21H,1,4-14H2,2-3H3;1-2H3. The highest BCUT2D eigenvalue weighted by atomic mass is 32.1. The molecule has 4 aliphatic heterocycles. The van der Waals surface area contributed by atoms with E-state index in [0.29, 0.717) is 16.7 Å². The molecule has 0 aromatic rings. The molecule has 0 radical (unpaired) electrons. The van der Waals surface area contributed by atoms with Gasteiger partial charge in [0.15, 0.2) is 0 Å². The predicted molar refractivity (Wildman–Crippen MR) is 212 cm³/mol. The van der Waals surface area contributed by atoms with Gasteiger partial charge in [-0.3, -0.25) is 9.80 Å². The van der Waals surface area contributed by atoms with E-state index in [0.717, 1.165) is 23.7 Å². The maximum absolute atomic E-state index is 4.57. The molecule has 4 unspecified atom stereocenters. The third-order valence-electron chi connectivity index (χ3n) is 11.5. The second-order valence-corrected chi connectivity index (χ2v) is 17.1. The average Bonchev–Trinajstić information content (AvgIpc) is 3.73. The van der Waals surface area contributed by atoms with E-state index in [1.165, 1.54) is 154 Å². The Labute approximate surface area is 299 Å². The van der Waals surface area contributed by atoms with Crippen molar-refractivity contribution in [2.45, 2.75) is 136 Å². The van der Waals surface area contributed by atoms with Crippen LogP contribution < -0.4 is 0 Å². The lowest BCUT2D eigenvalue weighted by Gasteiger charge is -2.32. The van der Waals surface area contributed by atoms with Crippen LogP contribution in [-0.2, 0) is 0 Å². The molecule has 4 heterocycles. The summed E-state index contributed by atoms with van der Waals surface area (Å²) in [6.07, 6.45) is 16.6. The van der Waals surface area contributed by atoms with Gasteiger partial charge in [0, 0.05) is 36.9 Å². The first-order valence-corrected chi connectivity index (χ1v) is 20.6. The normalized spacial score (nSPS) is 25.5. The lowest BCUT2D eigenvalue weighted by molar-refractivity contribution is 0.174. The number of thiol groups is 2. The zero-order valence-electron chi connectivity index (χ0n) is 31.7. The van der Waals surface area contributed by atoms with Crippen LogP contribution >= 0.6 is 25.3 Å². The van der Waals surface area contributed by atoms with E-state index in [1.54, 1.807) is 0 Å². The van der Waals surface area contributed by atoms with E-state index < -0.39 is 0 Å². The van der Waals surface area contributed by atoms with E-state index in [1.807, 2.05) is 13.8 Å². The Bertz CT molecular complexity index is 814. The summed E-state index contributed by atoms with van der Waals surface area (Å²) in [6.45, 7) is 36.0. The van der Waals surface area contributed by atoms with Crippen LogP contribution in [-0.4, -0.2) is 95.8 Å². The molecule has 0 spiro atoms. The van der Waals surface area contributed by atoms with Gasteiger partial charge in [-0.25, -0.2) is 0 Å². The Hall–Kier alpha value is 0.0200. The highest BCUT2D eigenvalue weighted by Gasteiger charge is 2.27. The van der Waals surface area contributed by atoms with Gasteiger partial charge in [-0.2, -0.15) is 25.3 Å². The first-order valence-electron chi connectivity index (χ1n) is 19.6. The second kappa shape index (κ2) is 23.4. The average molecular weight is 679 g/mol. The van der Waals surface area contributed by atoms with E-state index >= 15 is 0 Å². The molecule has 0 N–H and O–H groups in total. The van der Waals surface area contributed by atoms with Crippen molar-refractivity contribution in [2.75, 3.05) is 65.4 Å². The van der Waals surface area contributed by atoms with Gasteiger partial charge in [0.25, 0.3) is 0 Å². The first kappa shape index (κ1) is 42.2. The van der Waals surface area contributed by atoms with Crippen molar-refractivity contribution in [1.82, 2.24) is 19.6 Å². The van der Waals surface area contributed by atoms with Crippen LogP contribution in [0.4, 0.5) is 0 Å². The molecule has 4 atom stereocenters. The second-order valence-electron chi connectivity index (χ2n) is 15.6. The van der Waals surface area contributed by atoms with E-state index in [-0.39, 0.29) is 0 Å². The minimum atomic E-state index is 0.434. The molecular formula is C40H78N4S2. The van der Waals surface area contributed by atoms with Gasteiger partial charge in [-0.1, -0.05) is 58.3 Å². The number of hydrogen-bond acceptors (Lipinski definition) is 6. The van der Waals surface area contributed by atoms with Crippen LogP contribution in [0.5, 0.6) is 0 Å². The van der Waals surface area contributed by atoms with E-state index in [4.69, 9.17) is 0 Å². The third kappa shape index (κ3) is 16.6. The Morgan fingerprint density at radius 3 is 1.26 bits per heavy atom. The van der Waals surface area contributed by atoms with Gasteiger partial charge in [0.2, 0.25) is 0 Å². The van der Waals surface area contributed by atoms with Crippen molar-refractivity contribution in [3.8, 4) is 0 Å². The van der Waals surface area contributed by atoms with Gasteiger partial charge < -0.3 is 9.80 Å². The van der Waals surface area contributed by atoms with Crippen LogP contribution in [0.25, 0.3) is 0 Å². The summed E-state index contributed by atoms with van der Waals surface area (Å²) in [5.74, 6) is 4.45. The minimum Gasteiger partial charge on any atom is -0.303 e. The smallest absolute Gasteiger partial charge is 0.0499 e. The third-order valence-corrected chi connectivity index (χ3v) is 12.1. The summed E-state index contributed by atoms with van der Waals surface area (Å²) in [6, 6.07) is 0. The molecule has 270 valence electrons. The van der Waals surface area contributed by atoms with Gasteiger partial charge >= 0.3 is 0 Å². The number of hydrogen-bond donors (Lipinski definition) is 2. The number of piperidine rings is 2. The summed E-state index contributed by atoms with van der Waals surface area (Å²) < 4.78 is 0. The van der Waals surface area contributed by atoms with Crippen LogP contribution in [0, 0.1) is 29.6 Å². The maximum Gasteiger partial charge on any atom is 0.0499 e. The molecule has 6 heteroatoms. The van der Waals surface area contributed by atoms with Crippen molar-refractivity contribution in [3.05, 3.63) is 24.3 Å². The monoisotopic (exact) mass is 679 g/mol. The molecule has 0 aromatic carbocycles. The van der Waals surface area contributed by atoms with Crippen molar-refractivity contribution in [2.24, 2.45) is 29.6 Å². The molecule has 4 rings (SSSR count). The number of likely N-dealkylation sites (tertiary alicyclic amines) is 4. The quantitative estimate of drug-likeness (QED) is 0.132. The highest BCUT2D eigenvalue weighted by molar-refractivity contribution is 7.81. The summed E-state index contributed by atoms with van der Waals surface area (Å²) >= 11 is 9.14. The van der Waals surface area contributed by atoms with Gasteiger partial charge in [0.05, 0.1) is 0 Å². The Morgan fingerprint density at radius 1 is 0.587 bits per heavy atom. The zero-order valence-corrected chi connectivity index (χ0v) is 33.5. The number of nitrogens with zero attached hydrogens (tertiary/aromatic N) is 4. The maximum atomic E-state index is 4.57. The van der Waals surface area contributed by atoms with Crippen molar-refractivity contribution in [1.29, 1.82) is 0 Å². The fraction of sp³-hybridized carbons (Fsp3) is 0.900. The van der Waals surface area contributed by atoms with Gasteiger partial charge in [-0.15, -0.1) is 6.58 Å². The molecule has 0 aromatic heterocycles. The molecule has 4 aliphatic rings. The molecule has 46 heavy (non-hydrogen) atoms. The van der Waals surface area contributed by atoms with Crippen LogP contribution in [0.3, 0.4) is 0 Å². The summed E-state index contributed by atoms with van der Waals surface area (Å²) in [7, 11) is 0. The topological polar surface area (TPSA) is 13.0 Å². The van der Waals surface area contributed by atoms with E-state index in [2.05, 4.69) is 92.6 Å². The zero-order chi connectivity index (χ0) is 34.1. The Kier molecular flexibility index (Phi) is 21.5. The van der Waals surface area contributed by atoms with Crippen LogP contribution in [0.1, 0.15) is 126 Å². The van der Waals surface area contributed by atoms with Crippen LogP contribution in [0.15, 0.2) is 24.3 Å². The highest BCUT2D eigenvalue weighted by Crippen LogP contribution is 2.30. The SMILES string of the molecule is C=C(C)CCN1CCC(CCC2CCN(C(C)S)C2)CC1.C=C(CCN1CCC(CCC2CCN(C(C)S)C2)CC1)C(C)C.CC. The van der Waals surface area contributed by atoms with Crippen LogP contribution in [0.2, 0.25) is 0 Å². The molecule has 4 fully saturated rings. The minimum absolute atomic E-state index is 0.434. The summed E-state index contributed by atoms with van der Waals surface area (Å²) in [5, 5.41) is 0.871. The number of rotatable bonds is 15. The van der Waals surface area contributed by atoms with Crippen molar-refractivity contribution < 1.29 is 0 Å². The Balaban J connectivity index is 0.000000305. The fourth-order valence-electron chi connectivity index (χ4n) is 7.75. The molecule has 0 amide bonds. The Morgan fingerprint density at radius 2 is 0.935 bits per heavy atom. The molecule has 4 nitrogen and oxygen atoms in total. The summed E-state index contributed by atoms with van der Waals surface area (Å²) in [4.78, 5) is 10.3. The first-order chi connectivity index (χ1) is 22.0. The van der Waals surface area contributed by atoms with Gasteiger partial charge in [0.1, 0.15) is 0 Å². The molecule has 0 saturated carbocycles. The lowest BCUT2D eigenvalue weighted by atomic mass is 9.88. The van der Waals surface area contributed by atoms with E-state index in [9.17, 15) is 0 Å². The lowest BCUT2D eigenvalue weighted by Crippen LogP contribution is -2.34. The fourth-order valence-corrected chi connectivity index (χ4v) is 8.17. The largest absolute Gasteiger partial charge is 0.303 e. The molecule has 0 bridgehead atoms.